The number of hydrogen-bond acceptors (Lipinski definition) is 2. The third-order valence-electron chi connectivity index (χ3n) is 3.64. The molecule has 1 saturated heterocycles. The first-order valence-corrected chi connectivity index (χ1v) is 7.61. The molecule has 1 aromatic carbocycles. The van der Waals surface area contributed by atoms with Gasteiger partial charge in [0.2, 0.25) is 5.91 Å². The van der Waals surface area contributed by atoms with Gasteiger partial charge >= 0.3 is 0 Å². The van der Waals surface area contributed by atoms with E-state index < -0.39 is 0 Å². The van der Waals surface area contributed by atoms with Crippen molar-refractivity contribution in [3.8, 4) is 0 Å². The van der Waals surface area contributed by atoms with Crippen LogP contribution in [0.2, 0.25) is 0 Å². The Morgan fingerprint density at radius 2 is 1.86 bits per heavy atom. The van der Waals surface area contributed by atoms with Crippen LogP contribution in [0.4, 0.5) is 0 Å². The molecule has 0 bridgehead atoms. The largest absolute Gasteiger partial charge is 0.370 e. The number of nitrogens with zero attached hydrogens (tertiary/aromatic N) is 2. The number of piperidine rings is 1. The summed E-state index contributed by atoms with van der Waals surface area (Å²) in [7, 11) is 0. The predicted octanol–water partition coefficient (Wildman–Crippen LogP) is 1.76. The van der Waals surface area contributed by atoms with Gasteiger partial charge in [0.25, 0.3) is 0 Å². The highest BCUT2D eigenvalue weighted by molar-refractivity contribution is 14.0. The number of aliphatic imine (C=N–C) groups is 1. The number of carbonyl (C=O) groups excluding carboxylic acids is 1. The molecule has 0 aromatic heterocycles. The summed E-state index contributed by atoms with van der Waals surface area (Å²) in [6, 6.07) is 10.1. The minimum atomic E-state index is -0.0779. The highest BCUT2D eigenvalue weighted by Gasteiger charge is 2.12. The fourth-order valence-electron chi connectivity index (χ4n) is 2.42. The van der Waals surface area contributed by atoms with Crippen LogP contribution in [-0.4, -0.2) is 42.9 Å². The van der Waals surface area contributed by atoms with Crippen molar-refractivity contribution >= 4 is 35.8 Å². The summed E-state index contributed by atoms with van der Waals surface area (Å²) in [5.74, 6) is 0.416. The second-order valence-corrected chi connectivity index (χ2v) is 5.31. The normalized spacial score (nSPS) is 15.1. The van der Waals surface area contributed by atoms with Crippen LogP contribution in [0, 0.1) is 0 Å². The van der Waals surface area contributed by atoms with Crippen LogP contribution in [0.15, 0.2) is 35.3 Å². The molecule has 0 spiro atoms. The Morgan fingerprint density at radius 1 is 1.18 bits per heavy atom. The van der Waals surface area contributed by atoms with Crippen LogP contribution < -0.4 is 11.1 Å². The minimum Gasteiger partial charge on any atom is -0.370 e. The summed E-state index contributed by atoms with van der Waals surface area (Å²) in [5.41, 5.74) is 7.13. The van der Waals surface area contributed by atoms with Gasteiger partial charge in [0.15, 0.2) is 5.96 Å². The van der Waals surface area contributed by atoms with Gasteiger partial charge in [0.1, 0.15) is 6.54 Å². The first kappa shape index (κ1) is 18.7. The van der Waals surface area contributed by atoms with E-state index in [1.807, 2.05) is 18.2 Å². The van der Waals surface area contributed by atoms with E-state index in [9.17, 15) is 4.79 Å². The molecule has 0 atom stereocenters. The Labute approximate surface area is 149 Å². The summed E-state index contributed by atoms with van der Waals surface area (Å²) in [4.78, 5) is 18.0. The zero-order valence-corrected chi connectivity index (χ0v) is 15.2. The number of rotatable bonds is 5. The molecule has 2 rings (SSSR count). The highest BCUT2D eigenvalue weighted by Crippen LogP contribution is 2.07. The monoisotopic (exact) mass is 416 g/mol. The molecule has 1 heterocycles. The maximum atomic E-state index is 11.7. The van der Waals surface area contributed by atoms with Crippen LogP contribution in [0.25, 0.3) is 0 Å². The molecule has 3 N–H and O–H groups in total. The molecule has 1 fully saturated rings. The molecule has 0 radical (unpaired) electrons. The molecule has 122 valence electrons. The van der Waals surface area contributed by atoms with Crippen LogP contribution in [0.3, 0.4) is 0 Å². The van der Waals surface area contributed by atoms with Crippen molar-refractivity contribution in [2.75, 3.05) is 26.2 Å². The minimum absolute atomic E-state index is 0. The summed E-state index contributed by atoms with van der Waals surface area (Å²) >= 11 is 0. The van der Waals surface area contributed by atoms with Gasteiger partial charge in [-0.3, -0.25) is 4.79 Å². The molecule has 6 heteroatoms. The number of benzene rings is 1. The maximum Gasteiger partial charge on any atom is 0.241 e. The van der Waals surface area contributed by atoms with Crippen molar-refractivity contribution in [3.63, 3.8) is 0 Å². The highest BCUT2D eigenvalue weighted by atomic mass is 127. The molecular weight excluding hydrogens is 391 g/mol. The molecule has 1 amide bonds. The molecule has 1 aliphatic heterocycles. The zero-order valence-electron chi connectivity index (χ0n) is 12.8. The van der Waals surface area contributed by atoms with Crippen molar-refractivity contribution in [1.82, 2.24) is 10.2 Å². The smallest absolute Gasteiger partial charge is 0.241 e. The average molecular weight is 416 g/mol. The standard InChI is InChI=1S/C16H24N4O.HI/c17-16(20-11-5-2-6-12-20)19-13-15(21)18-10-9-14-7-3-1-4-8-14;/h1,3-4,7-8H,2,5-6,9-13H2,(H2,17,19)(H,18,21);1H. The van der Waals surface area contributed by atoms with Crippen molar-refractivity contribution in [2.24, 2.45) is 10.7 Å². The molecule has 5 nitrogen and oxygen atoms in total. The molecule has 0 aliphatic carbocycles. The van der Waals surface area contributed by atoms with E-state index in [1.54, 1.807) is 0 Å². The topological polar surface area (TPSA) is 70.7 Å². The average Bonchev–Trinajstić information content (AvgIpc) is 2.54. The van der Waals surface area contributed by atoms with E-state index in [2.05, 4.69) is 27.3 Å². The van der Waals surface area contributed by atoms with Gasteiger partial charge in [-0.15, -0.1) is 24.0 Å². The van der Waals surface area contributed by atoms with E-state index in [4.69, 9.17) is 5.73 Å². The van der Waals surface area contributed by atoms with Crippen LogP contribution >= 0.6 is 24.0 Å². The fraction of sp³-hybridized carbons (Fsp3) is 0.500. The second kappa shape index (κ2) is 10.4. The molecule has 0 saturated carbocycles. The number of carbonyl (C=O) groups is 1. The molecule has 1 aromatic rings. The Hall–Kier alpha value is -1.31. The molecule has 0 unspecified atom stereocenters. The SMILES string of the molecule is I.NC(=NCC(=O)NCCc1ccccc1)N1CCCCC1. The summed E-state index contributed by atoms with van der Waals surface area (Å²) in [6.45, 7) is 2.63. The third-order valence-corrected chi connectivity index (χ3v) is 3.64. The van der Waals surface area contributed by atoms with Crippen molar-refractivity contribution in [2.45, 2.75) is 25.7 Å². The molecular formula is C16H25IN4O. The van der Waals surface area contributed by atoms with Crippen LogP contribution in [0.5, 0.6) is 0 Å². The molecule has 22 heavy (non-hydrogen) atoms. The summed E-state index contributed by atoms with van der Waals surface area (Å²) in [5, 5.41) is 2.87. The van der Waals surface area contributed by atoms with E-state index in [-0.39, 0.29) is 36.4 Å². The lowest BCUT2D eigenvalue weighted by Gasteiger charge is -2.27. The second-order valence-electron chi connectivity index (χ2n) is 5.31. The van der Waals surface area contributed by atoms with Gasteiger partial charge in [-0.2, -0.15) is 0 Å². The lowest BCUT2D eigenvalue weighted by molar-refractivity contribution is -0.119. The number of nitrogens with two attached hydrogens (primary N) is 1. The zero-order chi connectivity index (χ0) is 14.9. The van der Waals surface area contributed by atoms with Gasteiger partial charge in [0, 0.05) is 19.6 Å². The fourth-order valence-corrected chi connectivity index (χ4v) is 2.42. The Balaban J connectivity index is 0.00000242. The molecule has 1 aliphatic rings. The predicted molar refractivity (Wildman–Crippen MR) is 100 cm³/mol. The lowest BCUT2D eigenvalue weighted by Crippen LogP contribution is -2.41. The van der Waals surface area contributed by atoms with Crippen LogP contribution in [0.1, 0.15) is 24.8 Å². The summed E-state index contributed by atoms with van der Waals surface area (Å²) in [6.07, 6.45) is 4.39. The van der Waals surface area contributed by atoms with Gasteiger partial charge in [-0.1, -0.05) is 30.3 Å². The van der Waals surface area contributed by atoms with Gasteiger partial charge in [-0.05, 0) is 31.2 Å². The Morgan fingerprint density at radius 3 is 2.55 bits per heavy atom. The number of amides is 1. The van der Waals surface area contributed by atoms with Gasteiger partial charge < -0.3 is 16.0 Å². The van der Waals surface area contributed by atoms with Gasteiger partial charge in [-0.25, -0.2) is 4.99 Å². The quantitative estimate of drug-likeness (QED) is 0.437. The number of nitrogens with one attached hydrogen (secondary N) is 1. The van der Waals surface area contributed by atoms with E-state index in [0.717, 1.165) is 32.4 Å². The third kappa shape index (κ3) is 6.64. The van der Waals surface area contributed by atoms with E-state index in [0.29, 0.717) is 12.5 Å². The number of likely N-dealkylation sites (tertiary alicyclic amines) is 1. The Kier molecular flexibility index (Phi) is 8.88. The van der Waals surface area contributed by atoms with E-state index >= 15 is 0 Å². The Bertz CT molecular complexity index is 472. The number of halogens is 1. The maximum absolute atomic E-state index is 11.7. The van der Waals surface area contributed by atoms with E-state index in [1.165, 1.54) is 12.0 Å². The van der Waals surface area contributed by atoms with Crippen molar-refractivity contribution < 1.29 is 4.79 Å². The van der Waals surface area contributed by atoms with Gasteiger partial charge in [0.05, 0.1) is 0 Å². The summed E-state index contributed by atoms with van der Waals surface area (Å²) < 4.78 is 0. The van der Waals surface area contributed by atoms with Crippen molar-refractivity contribution in [1.29, 1.82) is 0 Å². The van der Waals surface area contributed by atoms with Crippen LogP contribution in [-0.2, 0) is 11.2 Å². The number of hydrogen-bond donors (Lipinski definition) is 2. The first-order chi connectivity index (χ1) is 10.3. The lowest BCUT2D eigenvalue weighted by atomic mass is 10.1. The number of guanidine groups is 1. The first-order valence-electron chi connectivity index (χ1n) is 7.61. The van der Waals surface area contributed by atoms with Crippen molar-refractivity contribution in [3.05, 3.63) is 35.9 Å².